The second-order valence-electron chi connectivity index (χ2n) is 6.38. The summed E-state index contributed by atoms with van der Waals surface area (Å²) in [5.41, 5.74) is 2.16. The standard InChI is InChI=1S/C19H25N5O/c1-15-13-20-9-7-17(15)21-10-11-23-19(25)16-5-4-12-24(14-16)18-6-2-3-8-22-18/h2-3,6-9,13,16H,4-5,10-12,14H2,1H3,(H,20,21)(H,23,25). The van der Waals surface area contributed by atoms with E-state index in [0.717, 1.165) is 43.0 Å². The lowest BCUT2D eigenvalue weighted by Crippen LogP contribution is -2.44. The number of nitrogens with zero attached hydrogens (tertiary/aromatic N) is 3. The molecule has 1 saturated heterocycles. The predicted octanol–water partition coefficient (Wildman–Crippen LogP) is 2.23. The van der Waals surface area contributed by atoms with Crippen LogP contribution in [0.5, 0.6) is 0 Å². The Bertz CT molecular complexity index is 691. The second-order valence-corrected chi connectivity index (χ2v) is 6.38. The minimum absolute atomic E-state index is 0.0263. The maximum Gasteiger partial charge on any atom is 0.224 e. The number of hydrogen-bond donors (Lipinski definition) is 2. The van der Waals surface area contributed by atoms with Gasteiger partial charge in [-0.1, -0.05) is 6.07 Å². The van der Waals surface area contributed by atoms with Gasteiger partial charge in [-0.05, 0) is 43.5 Å². The lowest BCUT2D eigenvalue weighted by molar-refractivity contribution is -0.125. The number of pyridine rings is 2. The van der Waals surface area contributed by atoms with Gasteiger partial charge in [-0.3, -0.25) is 9.78 Å². The number of hydrogen-bond acceptors (Lipinski definition) is 5. The van der Waals surface area contributed by atoms with E-state index in [0.29, 0.717) is 13.1 Å². The number of piperidine rings is 1. The molecule has 1 aliphatic heterocycles. The molecule has 0 bridgehead atoms. The SMILES string of the molecule is Cc1cnccc1NCCNC(=O)C1CCCN(c2ccccn2)C1. The van der Waals surface area contributed by atoms with Gasteiger partial charge in [-0.25, -0.2) is 4.98 Å². The fraction of sp³-hybridized carbons (Fsp3) is 0.421. The van der Waals surface area contributed by atoms with E-state index in [-0.39, 0.29) is 11.8 Å². The van der Waals surface area contributed by atoms with Crippen molar-refractivity contribution in [2.24, 2.45) is 5.92 Å². The van der Waals surface area contributed by atoms with Crippen molar-refractivity contribution >= 4 is 17.4 Å². The number of aryl methyl sites for hydroxylation is 1. The van der Waals surface area contributed by atoms with E-state index < -0.39 is 0 Å². The van der Waals surface area contributed by atoms with Gasteiger partial charge < -0.3 is 15.5 Å². The van der Waals surface area contributed by atoms with E-state index in [2.05, 4.69) is 25.5 Å². The zero-order valence-electron chi connectivity index (χ0n) is 14.6. The minimum atomic E-state index is 0.0263. The predicted molar refractivity (Wildman–Crippen MR) is 99.6 cm³/mol. The third-order valence-corrected chi connectivity index (χ3v) is 4.53. The van der Waals surface area contributed by atoms with Crippen molar-refractivity contribution in [2.75, 3.05) is 36.4 Å². The van der Waals surface area contributed by atoms with E-state index in [9.17, 15) is 4.79 Å². The van der Waals surface area contributed by atoms with Crippen molar-refractivity contribution < 1.29 is 4.79 Å². The summed E-state index contributed by atoms with van der Waals surface area (Å²) in [4.78, 5) is 23.1. The monoisotopic (exact) mass is 339 g/mol. The van der Waals surface area contributed by atoms with Crippen LogP contribution in [0.3, 0.4) is 0 Å². The van der Waals surface area contributed by atoms with Gasteiger partial charge in [0.2, 0.25) is 5.91 Å². The van der Waals surface area contributed by atoms with Crippen LogP contribution in [0.4, 0.5) is 11.5 Å². The van der Waals surface area contributed by atoms with Gasteiger partial charge in [0.25, 0.3) is 0 Å². The van der Waals surface area contributed by atoms with Gasteiger partial charge in [0.15, 0.2) is 0 Å². The summed E-state index contributed by atoms with van der Waals surface area (Å²) in [5, 5.41) is 6.38. The van der Waals surface area contributed by atoms with Crippen molar-refractivity contribution in [3.63, 3.8) is 0 Å². The molecule has 25 heavy (non-hydrogen) atoms. The molecule has 1 amide bonds. The fourth-order valence-electron chi connectivity index (χ4n) is 3.14. The molecule has 1 fully saturated rings. The Morgan fingerprint density at radius 2 is 2.20 bits per heavy atom. The van der Waals surface area contributed by atoms with E-state index in [1.54, 1.807) is 12.4 Å². The van der Waals surface area contributed by atoms with Crippen LogP contribution in [0.2, 0.25) is 0 Å². The Morgan fingerprint density at radius 3 is 3.00 bits per heavy atom. The molecule has 2 N–H and O–H groups in total. The molecule has 0 saturated carbocycles. The normalized spacial score (nSPS) is 17.2. The largest absolute Gasteiger partial charge is 0.383 e. The fourth-order valence-corrected chi connectivity index (χ4v) is 3.14. The third kappa shape index (κ3) is 4.68. The summed E-state index contributed by atoms with van der Waals surface area (Å²) in [5.74, 6) is 1.11. The van der Waals surface area contributed by atoms with Gasteiger partial charge in [0, 0.05) is 50.5 Å². The molecule has 1 unspecified atom stereocenters. The van der Waals surface area contributed by atoms with E-state index in [4.69, 9.17) is 0 Å². The number of carbonyl (C=O) groups is 1. The Morgan fingerprint density at radius 1 is 1.28 bits per heavy atom. The van der Waals surface area contributed by atoms with Crippen molar-refractivity contribution in [2.45, 2.75) is 19.8 Å². The number of amides is 1. The van der Waals surface area contributed by atoms with Crippen molar-refractivity contribution in [1.82, 2.24) is 15.3 Å². The maximum absolute atomic E-state index is 12.5. The highest BCUT2D eigenvalue weighted by atomic mass is 16.1. The second kappa shape index (κ2) is 8.46. The average molecular weight is 339 g/mol. The van der Waals surface area contributed by atoms with Crippen molar-refractivity contribution in [3.8, 4) is 0 Å². The molecule has 6 nitrogen and oxygen atoms in total. The van der Waals surface area contributed by atoms with Gasteiger partial charge >= 0.3 is 0 Å². The van der Waals surface area contributed by atoms with E-state index in [1.165, 1.54) is 0 Å². The molecule has 0 spiro atoms. The van der Waals surface area contributed by atoms with Crippen LogP contribution in [0.1, 0.15) is 18.4 Å². The lowest BCUT2D eigenvalue weighted by atomic mass is 9.97. The van der Waals surface area contributed by atoms with Gasteiger partial charge in [-0.15, -0.1) is 0 Å². The molecule has 1 aliphatic rings. The molecular formula is C19H25N5O. The van der Waals surface area contributed by atoms with Crippen molar-refractivity contribution in [3.05, 3.63) is 48.4 Å². The zero-order valence-corrected chi connectivity index (χ0v) is 14.6. The number of anilines is 2. The maximum atomic E-state index is 12.5. The van der Waals surface area contributed by atoms with Gasteiger partial charge in [0.1, 0.15) is 5.82 Å². The summed E-state index contributed by atoms with van der Waals surface area (Å²) in [6.45, 7) is 5.03. The van der Waals surface area contributed by atoms with E-state index >= 15 is 0 Å². The smallest absolute Gasteiger partial charge is 0.224 e. The van der Waals surface area contributed by atoms with Crippen LogP contribution >= 0.6 is 0 Å². The molecule has 0 aliphatic carbocycles. The first-order valence-electron chi connectivity index (χ1n) is 8.82. The third-order valence-electron chi connectivity index (χ3n) is 4.53. The molecule has 3 heterocycles. The number of aromatic nitrogens is 2. The number of carbonyl (C=O) groups excluding carboxylic acids is 1. The highest BCUT2D eigenvalue weighted by Crippen LogP contribution is 2.21. The summed E-state index contributed by atoms with van der Waals surface area (Å²) in [7, 11) is 0. The summed E-state index contributed by atoms with van der Waals surface area (Å²) < 4.78 is 0. The molecule has 3 rings (SSSR count). The van der Waals surface area contributed by atoms with Crippen LogP contribution in [0, 0.1) is 12.8 Å². The van der Waals surface area contributed by atoms with Crippen LogP contribution in [0.15, 0.2) is 42.9 Å². The molecule has 6 heteroatoms. The van der Waals surface area contributed by atoms with Crippen LogP contribution in [-0.4, -0.2) is 42.1 Å². The Balaban J connectivity index is 1.44. The first-order chi connectivity index (χ1) is 12.2. The summed E-state index contributed by atoms with van der Waals surface area (Å²) in [6.07, 6.45) is 7.35. The highest BCUT2D eigenvalue weighted by Gasteiger charge is 2.26. The Labute approximate surface area is 148 Å². The lowest BCUT2D eigenvalue weighted by Gasteiger charge is -2.32. The number of nitrogens with one attached hydrogen (secondary N) is 2. The molecule has 2 aromatic rings. The highest BCUT2D eigenvalue weighted by molar-refractivity contribution is 5.79. The summed E-state index contributed by atoms with van der Waals surface area (Å²) in [6, 6.07) is 7.85. The van der Waals surface area contributed by atoms with Gasteiger partial charge in [-0.2, -0.15) is 0 Å². The zero-order chi connectivity index (χ0) is 17.5. The van der Waals surface area contributed by atoms with Crippen molar-refractivity contribution in [1.29, 1.82) is 0 Å². The topological polar surface area (TPSA) is 70.2 Å². The minimum Gasteiger partial charge on any atom is -0.383 e. The van der Waals surface area contributed by atoms with E-state index in [1.807, 2.05) is 37.4 Å². The summed E-state index contributed by atoms with van der Waals surface area (Å²) >= 11 is 0. The van der Waals surface area contributed by atoms with Gasteiger partial charge in [0.05, 0.1) is 5.92 Å². The first kappa shape index (κ1) is 17.2. The molecule has 1 atom stereocenters. The van der Waals surface area contributed by atoms with Crippen LogP contribution < -0.4 is 15.5 Å². The molecule has 0 aromatic carbocycles. The molecule has 2 aromatic heterocycles. The molecule has 132 valence electrons. The van der Waals surface area contributed by atoms with Crippen LogP contribution in [0.25, 0.3) is 0 Å². The average Bonchev–Trinajstić information content (AvgIpc) is 2.67. The van der Waals surface area contributed by atoms with Crippen LogP contribution in [-0.2, 0) is 4.79 Å². The quantitative estimate of drug-likeness (QED) is 0.790. The number of rotatable bonds is 6. The Kier molecular flexibility index (Phi) is 5.82. The molecule has 0 radical (unpaired) electrons. The molecular weight excluding hydrogens is 314 g/mol. The first-order valence-corrected chi connectivity index (χ1v) is 8.82. The Hall–Kier alpha value is -2.63.